The molecular formula is C12H21N3O. The molecule has 0 aliphatic rings. The number of nitrogens with one attached hydrogen (secondary N) is 2. The summed E-state index contributed by atoms with van der Waals surface area (Å²) >= 11 is 0. The molecule has 0 spiro atoms. The first-order chi connectivity index (χ1) is 7.88. The number of hydrogen-bond acceptors (Lipinski definition) is 4. The number of nitrogens with two attached hydrogens (primary N) is 1. The van der Waals surface area contributed by atoms with Crippen LogP contribution in [0.25, 0.3) is 0 Å². The fourth-order valence-electron chi connectivity index (χ4n) is 1.43. The predicted octanol–water partition coefficient (Wildman–Crippen LogP) is 1.39. The van der Waals surface area contributed by atoms with Gasteiger partial charge in [0.25, 0.3) is 0 Å². The van der Waals surface area contributed by atoms with Crippen LogP contribution in [0.3, 0.4) is 0 Å². The maximum Gasteiger partial charge on any atom is 0.141 e. The van der Waals surface area contributed by atoms with Gasteiger partial charge in [-0.1, -0.05) is 12.1 Å². The SMILES string of the molecule is COc1ccccc1NCNCCCCN. The van der Waals surface area contributed by atoms with E-state index >= 15 is 0 Å². The van der Waals surface area contributed by atoms with Crippen LogP contribution in [0.4, 0.5) is 5.69 Å². The Labute approximate surface area is 97.2 Å². The molecule has 1 aromatic carbocycles. The van der Waals surface area contributed by atoms with Crippen LogP contribution < -0.4 is 21.1 Å². The van der Waals surface area contributed by atoms with Crippen molar-refractivity contribution in [1.29, 1.82) is 0 Å². The Kier molecular flexibility index (Phi) is 6.37. The van der Waals surface area contributed by atoms with Crippen molar-refractivity contribution in [2.75, 3.05) is 32.2 Å². The Morgan fingerprint density at radius 2 is 2.06 bits per heavy atom. The van der Waals surface area contributed by atoms with Gasteiger partial charge in [0.1, 0.15) is 5.75 Å². The molecule has 1 aromatic rings. The van der Waals surface area contributed by atoms with Crippen molar-refractivity contribution in [3.8, 4) is 5.75 Å². The van der Waals surface area contributed by atoms with E-state index in [1.165, 1.54) is 0 Å². The molecule has 4 nitrogen and oxygen atoms in total. The molecule has 1 rings (SSSR count). The Hall–Kier alpha value is -1.26. The van der Waals surface area contributed by atoms with Crippen molar-refractivity contribution in [1.82, 2.24) is 5.32 Å². The molecule has 0 saturated carbocycles. The average Bonchev–Trinajstić information content (AvgIpc) is 2.34. The highest BCUT2D eigenvalue weighted by atomic mass is 16.5. The summed E-state index contributed by atoms with van der Waals surface area (Å²) in [6.07, 6.45) is 2.19. The van der Waals surface area contributed by atoms with Gasteiger partial charge in [-0.05, 0) is 38.1 Å². The van der Waals surface area contributed by atoms with Gasteiger partial charge >= 0.3 is 0 Å². The van der Waals surface area contributed by atoms with E-state index in [-0.39, 0.29) is 0 Å². The maximum absolute atomic E-state index is 5.41. The number of rotatable bonds is 8. The molecule has 0 fully saturated rings. The van der Waals surface area contributed by atoms with Crippen molar-refractivity contribution >= 4 is 5.69 Å². The Bertz CT molecular complexity index is 291. The van der Waals surface area contributed by atoms with Crippen molar-refractivity contribution < 1.29 is 4.74 Å². The molecule has 0 bridgehead atoms. The summed E-state index contributed by atoms with van der Waals surface area (Å²) in [6.45, 7) is 2.49. The number of anilines is 1. The van der Waals surface area contributed by atoms with Gasteiger partial charge in [0.15, 0.2) is 0 Å². The lowest BCUT2D eigenvalue weighted by atomic mass is 10.3. The van der Waals surface area contributed by atoms with Gasteiger partial charge in [0.05, 0.1) is 19.5 Å². The second-order valence-corrected chi connectivity index (χ2v) is 3.55. The first-order valence-corrected chi connectivity index (χ1v) is 5.66. The minimum atomic E-state index is 0.741. The third kappa shape index (κ3) is 4.51. The van der Waals surface area contributed by atoms with Gasteiger partial charge < -0.3 is 21.1 Å². The highest BCUT2D eigenvalue weighted by molar-refractivity contribution is 5.55. The predicted molar refractivity (Wildman–Crippen MR) is 67.8 cm³/mol. The normalized spacial score (nSPS) is 10.1. The topological polar surface area (TPSA) is 59.3 Å². The number of hydrogen-bond donors (Lipinski definition) is 3. The summed E-state index contributed by atoms with van der Waals surface area (Å²) in [5.74, 6) is 0.867. The summed E-state index contributed by atoms with van der Waals surface area (Å²) in [7, 11) is 1.68. The molecule has 4 heteroatoms. The van der Waals surface area contributed by atoms with Crippen LogP contribution >= 0.6 is 0 Å². The lowest BCUT2D eigenvalue weighted by Crippen LogP contribution is -2.23. The first kappa shape index (κ1) is 12.8. The van der Waals surface area contributed by atoms with Crippen molar-refractivity contribution in [3.05, 3.63) is 24.3 Å². The molecule has 0 radical (unpaired) electrons. The monoisotopic (exact) mass is 223 g/mol. The molecule has 0 amide bonds. The smallest absolute Gasteiger partial charge is 0.141 e. The van der Waals surface area contributed by atoms with Gasteiger partial charge in [-0.3, -0.25) is 0 Å². The Morgan fingerprint density at radius 1 is 1.25 bits per heavy atom. The molecule has 0 aromatic heterocycles. The molecule has 4 N–H and O–H groups in total. The van der Waals surface area contributed by atoms with Gasteiger partial charge in [-0.25, -0.2) is 0 Å². The van der Waals surface area contributed by atoms with Crippen LogP contribution in [0.15, 0.2) is 24.3 Å². The highest BCUT2D eigenvalue weighted by Gasteiger charge is 1.98. The molecule has 0 saturated heterocycles. The van der Waals surface area contributed by atoms with E-state index in [2.05, 4.69) is 10.6 Å². The number of benzene rings is 1. The third-order valence-corrected chi connectivity index (χ3v) is 2.32. The van der Waals surface area contributed by atoms with E-state index in [1.807, 2.05) is 24.3 Å². The Morgan fingerprint density at radius 3 is 2.81 bits per heavy atom. The zero-order valence-electron chi connectivity index (χ0n) is 9.83. The minimum Gasteiger partial charge on any atom is -0.495 e. The first-order valence-electron chi connectivity index (χ1n) is 5.66. The molecule has 0 unspecified atom stereocenters. The number of unbranched alkanes of at least 4 members (excludes halogenated alkanes) is 1. The molecule has 90 valence electrons. The zero-order chi connectivity index (χ0) is 11.6. The standard InChI is InChI=1S/C12H21N3O/c1-16-12-7-3-2-6-11(12)15-10-14-9-5-4-8-13/h2-3,6-7,14-15H,4-5,8-10,13H2,1H3. The maximum atomic E-state index is 5.41. The molecule has 0 atom stereocenters. The minimum absolute atomic E-state index is 0.741. The number of methoxy groups -OCH3 is 1. The van der Waals surface area contributed by atoms with Gasteiger partial charge in [0, 0.05) is 0 Å². The number of para-hydroxylation sites is 2. The zero-order valence-corrected chi connectivity index (χ0v) is 9.83. The van der Waals surface area contributed by atoms with Gasteiger partial charge in [-0.15, -0.1) is 0 Å². The van der Waals surface area contributed by atoms with Crippen molar-refractivity contribution in [2.24, 2.45) is 5.73 Å². The van der Waals surface area contributed by atoms with Crippen LogP contribution in [-0.4, -0.2) is 26.9 Å². The molecule has 0 aliphatic carbocycles. The molecule has 16 heavy (non-hydrogen) atoms. The van der Waals surface area contributed by atoms with E-state index in [0.717, 1.165) is 44.0 Å². The van der Waals surface area contributed by atoms with E-state index in [4.69, 9.17) is 10.5 Å². The molecule has 0 aliphatic heterocycles. The molecular weight excluding hydrogens is 202 g/mol. The van der Waals surface area contributed by atoms with Crippen LogP contribution in [0.2, 0.25) is 0 Å². The highest BCUT2D eigenvalue weighted by Crippen LogP contribution is 2.22. The lowest BCUT2D eigenvalue weighted by Gasteiger charge is -2.11. The van der Waals surface area contributed by atoms with Crippen LogP contribution in [0, 0.1) is 0 Å². The van der Waals surface area contributed by atoms with Gasteiger partial charge in [0.2, 0.25) is 0 Å². The summed E-state index contributed by atoms with van der Waals surface area (Å²) in [6, 6.07) is 7.88. The molecule has 0 heterocycles. The van der Waals surface area contributed by atoms with Gasteiger partial charge in [-0.2, -0.15) is 0 Å². The van der Waals surface area contributed by atoms with E-state index < -0.39 is 0 Å². The third-order valence-electron chi connectivity index (χ3n) is 2.32. The van der Waals surface area contributed by atoms with E-state index in [9.17, 15) is 0 Å². The second kappa shape index (κ2) is 7.96. The van der Waals surface area contributed by atoms with Crippen molar-refractivity contribution in [2.45, 2.75) is 12.8 Å². The lowest BCUT2D eigenvalue weighted by molar-refractivity contribution is 0.416. The van der Waals surface area contributed by atoms with Crippen LogP contribution in [0.5, 0.6) is 5.75 Å². The number of ether oxygens (including phenoxy) is 1. The second-order valence-electron chi connectivity index (χ2n) is 3.55. The fourth-order valence-corrected chi connectivity index (χ4v) is 1.43. The summed E-state index contributed by atoms with van der Waals surface area (Å²) in [5, 5.41) is 6.57. The quantitative estimate of drug-likeness (QED) is 0.460. The van der Waals surface area contributed by atoms with Crippen LogP contribution in [-0.2, 0) is 0 Å². The largest absolute Gasteiger partial charge is 0.495 e. The van der Waals surface area contributed by atoms with E-state index in [0.29, 0.717) is 0 Å². The Balaban J connectivity index is 2.21. The van der Waals surface area contributed by atoms with E-state index in [1.54, 1.807) is 7.11 Å². The van der Waals surface area contributed by atoms with Crippen molar-refractivity contribution in [3.63, 3.8) is 0 Å². The van der Waals surface area contributed by atoms with Crippen LogP contribution in [0.1, 0.15) is 12.8 Å². The summed E-state index contributed by atoms with van der Waals surface area (Å²) in [4.78, 5) is 0. The summed E-state index contributed by atoms with van der Waals surface area (Å²) < 4.78 is 5.23. The summed E-state index contributed by atoms with van der Waals surface area (Å²) in [5.41, 5.74) is 6.42. The fraction of sp³-hybridized carbons (Fsp3) is 0.500. The average molecular weight is 223 g/mol.